The lowest BCUT2D eigenvalue weighted by Crippen LogP contribution is -2.24. The summed E-state index contributed by atoms with van der Waals surface area (Å²) in [5.41, 5.74) is 2.06. The summed E-state index contributed by atoms with van der Waals surface area (Å²) in [6.45, 7) is 3.96. The van der Waals surface area contributed by atoms with Crippen LogP contribution in [0.25, 0.3) is 10.8 Å². The third kappa shape index (κ3) is 2.31. The molecule has 3 aromatic carbocycles. The molecule has 0 radical (unpaired) electrons. The topological polar surface area (TPSA) is 26.3 Å². The first kappa shape index (κ1) is 15.3. The van der Waals surface area contributed by atoms with E-state index < -0.39 is 5.97 Å². The van der Waals surface area contributed by atoms with Gasteiger partial charge < -0.3 is 4.74 Å². The van der Waals surface area contributed by atoms with Crippen LogP contribution in [-0.4, -0.2) is 5.97 Å². The molecule has 0 saturated heterocycles. The molecule has 4 heteroatoms. The Morgan fingerprint density at radius 1 is 1.00 bits per heavy atom. The molecular weight excluding hydrogens is 343 g/mol. The van der Waals surface area contributed by atoms with E-state index in [4.69, 9.17) is 27.9 Å². The molecule has 0 spiro atoms. The molecule has 0 aliphatic carbocycles. The summed E-state index contributed by atoms with van der Waals surface area (Å²) in [4.78, 5) is 12.3. The van der Waals surface area contributed by atoms with Gasteiger partial charge in [0.05, 0.1) is 0 Å². The summed E-state index contributed by atoms with van der Waals surface area (Å²) in [5, 5.41) is 3.13. The van der Waals surface area contributed by atoms with Gasteiger partial charge in [-0.1, -0.05) is 66.2 Å². The van der Waals surface area contributed by atoms with Crippen molar-refractivity contribution in [3.8, 4) is 5.75 Å². The van der Waals surface area contributed by atoms with E-state index in [1.54, 1.807) is 12.1 Å². The normalized spacial score (nSPS) is 16.8. The van der Waals surface area contributed by atoms with Crippen LogP contribution in [0.2, 0.25) is 10.0 Å². The molecule has 0 saturated carbocycles. The van der Waals surface area contributed by atoms with Gasteiger partial charge in [-0.05, 0) is 34.5 Å². The number of rotatable bonds is 1. The first-order valence-corrected chi connectivity index (χ1v) is 8.19. The van der Waals surface area contributed by atoms with Crippen LogP contribution in [0.5, 0.6) is 5.75 Å². The fourth-order valence-electron chi connectivity index (χ4n) is 3.20. The molecule has 0 aromatic heterocycles. The minimum Gasteiger partial charge on any atom is -0.423 e. The number of halogens is 2. The number of benzene rings is 3. The average Bonchev–Trinajstić information content (AvgIpc) is 2.57. The summed E-state index contributed by atoms with van der Waals surface area (Å²) in [6, 6.07) is 17.0. The largest absolute Gasteiger partial charge is 0.423 e. The maximum Gasteiger partial charge on any atom is 0.339 e. The first-order chi connectivity index (χ1) is 11.6. The standard InChI is InChI=1S/C20H12Cl2O2/c1-11-18(15-8-7-13(21)10-16(15)22)19-14-5-3-2-4-12(14)6-9-17(19)24-20(11)23/h2-10,18H,1H2. The lowest BCUT2D eigenvalue weighted by Gasteiger charge is -2.28. The molecule has 1 aliphatic heterocycles. The molecule has 118 valence electrons. The van der Waals surface area contributed by atoms with E-state index >= 15 is 0 Å². The van der Waals surface area contributed by atoms with Crippen molar-refractivity contribution in [3.05, 3.63) is 87.9 Å². The summed E-state index contributed by atoms with van der Waals surface area (Å²) in [6.07, 6.45) is 0. The zero-order chi connectivity index (χ0) is 16.8. The second kappa shape index (κ2) is 5.66. The fraction of sp³-hybridized carbons (Fsp3) is 0.0500. The van der Waals surface area contributed by atoms with Gasteiger partial charge in [-0.3, -0.25) is 0 Å². The highest BCUT2D eigenvalue weighted by Gasteiger charge is 2.34. The number of esters is 1. The van der Waals surface area contributed by atoms with E-state index in [0.717, 1.165) is 21.9 Å². The van der Waals surface area contributed by atoms with Crippen LogP contribution >= 0.6 is 23.2 Å². The van der Waals surface area contributed by atoms with Gasteiger partial charge in [-0.15, -0.1) is 0 Å². The minimum absolute atomic E-state index is 0.364. The van der Waals surface area contributed by atoms with E-state index in [9.17, 15) is 4.79 Å². The Balaban J connectivity index is 2.05. The zero-order valence-corrected chi connectivity index (χ0v) is 14.1. The first-order valence-electron chi connectivity index (χ1n) is 7.44. The number of fused-ring (bicyclic) bond motifs is 3. The monoisotopic (exact) mass is 354 g/mol. The van der Waals surface area contributed by atoms with Gasteiger partial charge in [0.15, 0.2) is 0 Å². The quantitative estimate of drug-likeness (QED) is 0.315. The van der Waals surface area contributed by atoms with E-state index in [2.05, 4.69) is 6.58 Å². The Bertz CT molecular complexity index is 1010. The predicted octanol–water partition coefficient (Wildman–Crippen LogP) is 5.75. The summed E-state index contributed by atoms with van der Waals surface area (Å²) >= 11 is 12.4. The second-order valence-corrected chi connectivity index (χ2v) is 6.56. The highest BCUT2D eigenvalue weighted by atomic mass is 35.5. The molecule has 0 amide bonds. The number of hydrogen-bond acceptors (Lipinski definition) is 2. The van der Waals surface area contributed by atoms with Gasteiger partial charge in [0, 0.05) is 27.1 Å². The highest BCUT2D eigenvalue weighted by Crippen LogP contribution is 2.46. The van der Waals surface area contributed by atoms with Gasteiger partial charge in [0.2, 0.25) is 0 Å². The summed E-state index contributed by atoms with van der Waals surface area (Å²) in [5.74, 6) is -0.256. The average molecular weight is 355 g/mol. The SMILES string of the molecule is C=C1C(=O)Oc2ccc3ccccc3c2C1c1ccc(Cl)cc1Cl. The number of carbonyl (C=O) groups excluding carboxylic acids is 1. The Labute approximate surface area is 149 Å². The molecule has 1 heterocycles. The number of ether oxygens (including phenoxy) is 1. The van der Waals surface area contributed by atoms with Crippen molar-refractivity contribution in [1.82, 2.24) is 0 Å². The highest BCUT2D eigenvalue weighted by molar-refractivity contribution is 6.35. The van der Waals surface area contributed by atoms with Crippen LogP contribution in [0.1, 0.15) is 17.0 Å². The van der Waals surface area contributed by atoms with Crippen molar-refractivity contribution in [2.75, 3.05) is 0 Å². The maximum absolute atomic E-state index is 12.3. The van der Waals surface area contributed by atoms with Crippen LogP contribution in [0.15, 0.2) is 66.7 Å². The van der Waals surface area contributed by atoms with Crippen molar-refractivity contribution in [2.45, 2.75) is 5.92 Å². The van der Waals surface area contributed by atoms with Gasteiger partial charge in [0.25, 0.3) is 0 Å². The molecule has 0 N–H and O–H groups in total. The fourth-order valence-corrected chi connectivity index (χ4v) is 3.72. The van der Waals surface area contributed by atoms with Crippen LogP contribution in [0, 0.1) is 0 Å². The van der Waals surface area contributed by atoms with Crippen LogP contribution < -0.4 is 4.74 Å². The van der Waals surface area contributed by atoms with Crippen molar-refractivity contribution in [2.24, 2.45) is 0 Å². The van der Waals surface area contributed by atoms with Gasteiger partial charge in [-0.25, -0.2) is 4.79 Å². The van der Waals surface area contributed by atoms with E-state index in [0.29, 0.717) is 21.4 Å². The molecule has 3 aromatic rings. The molecule has 24 heavy (non-hydrogen) atoms. The number of carbonyl (C=O) groups is 1. The molecule has 1 unspecified atom stereocenters. The molecule has 0 bridgehead atoms. The van der Waals surface area contributed by atoms with Crippen molar-refractivity contribution >= 4 is 39.9 Å². The van der Waals surface area contributed by atoms with Crippen molar-refractivity contribution < 1.29 is 9.53 Å². The summed E-state index contributed by atoms with van der Waals surface area (Å²) < 4.78 is 5.46. The van der Waals surface area contributed by atoms with Gasteiger partial charge >= 0.3 is 5.97 Å². The van der Waals surface area contributed by atoms with E-state index in [-0.39, 0.29) is 5.92 Å². The smallest absolute Gasteiger partial charge is 0.339 e. The van der Waals surface area contributed by atoms with Crippen LogP contribution in [-0.2, 0) is 4.79 Å². The second-order valence-electron chi connectivity index (χ2n) is 5.71. The Kier molecular flexibility index (Phi) is 3.60. The minimum atomic E-state index is -0.436. The van der Waals surface area contributed by atoms with Crippen LogP contribution in [0.3, 0.4) is 0 Å². The molecule has 0 fully saturated rings. The zero-order valence-electron chi connectivity index (χ0n) is 12.6. The lowest BCUT2D eigenvalue weighted by molar-refractivity contribution is -0.131. The Hall–Kier alpha value is -2.29. The molecule has 1 aliphatic rings. The summed E-state index contributed by atoms with van der Waals surface area (Å²) in [7, 11) is 0. The molecule has 4 rings (SSSR count). The van der Waals surface area contributed by atoms with E-state index in [1.165, 1.54) is 0 Å². The number of hydrogen-bond donors (Lipinski definition) is 0. The third-order valence-electron chi connectivity index (χ3n) is 4.31. The van der Waals surface area contributed by atoms with Crippen LogP contribution in [0.4, 0.5) is 0 Å². The molecule has 2 nitrogen and oxygen atoms in total. The van der Waals surface area contributed by atoms with E-state index in [1.807, 2.05) is 42.5 Å². The Morgan fingerprint density at radius 2 is 1.79 bits per heavy atom. The Morgan fingerprint density at radius 3 is 2.58 bits per heavy atom. The predicted molar refractivity (Wildman–Crippen MR) is 97.0 cm³/mol. The molecule has 1 atom stereocenters. The third-order valence-corrected chi connectivity index (χ3v) is 4.87. The molecular formula is C20H12Cl2O2. The maximum atomic E-state index is 12.3. The lowest BCUT2D eigenvalue weighted by atomic mass is 9.81. The van der Waals surface area contributed by atoms with Gasteiger partial charge in [0.1, 0.15) is 5.75 Å². The van der Waals surface area contributed by atoms with Gasteiger partial charge in [-0.2, -0.15) is 0 Å². The van der Waals surface area contributed by atoms with Crippen molar-refractivity contribution in [1.29, 1.82) is 0 Å². The van der Waals surface area contributed by atoms with Crippen molar-refractivity contribution in [3.63, 3.8) is 0 Å².